The zero-order valence-electron chi connectivity index (χ0n) is 8.24. The summed E-state index contributed by atoms with van der Waals surface area (Å²) in [6.45, 7) is 1.88. The molecule has 0 fully saturated rings. The van der Waals surface area contributed by atoms with Gasteiger partial charge in [0.25, 0.3) is 5.69 Å². The number of nitrogens with zero attached hydrogens (tertiary/aromatic N) is 1. The van der Waals surface area contributed by atoms with Crippen molar-refractivity contribution in [1.82, 2.24) is 0 Å². The van der Waals surface area contributed by atoms with E-state index < -0.39 is 0 Å². The summed E-state index contributed by atoms with van der Waals surface area (Å²) in [6.07, 6.45) is 1.37. The van der Waals surface area contributed by atoms with Crippen LogP contribution in [-0.4, -0.2) is 10.3 Å². The lowest BCUT2D eigenvalue weighted by molar-refractivity contribution is -0.385. The standard InChI is InChI=1S/C10H11BrClNO2/c1-7(12)2-3-8-4-5-9(11)6-10(8)13(14)15/h4-7H,2-3H2,1H3. The molecule has 0 saturated carbocycles. The van der Waals surface area contributed by atoms with E-state index in [9.17, 15) is 10.1 Å². The van der Waals surface area contributed by atoms with Gasteiger partial charge in [-0.15, -0.1) is 11.6 Å². The van der Waals surface area contributed by atoms with Crippen LogP contribution in [0.4, 0.5) is 5.69 Å². The Hall–Kier alpha value is -0.610. The molecule has 15 heavy (non-hydrogen) atoms. The largest absolute Gasteiger partial charge is 0.273 e. The molecule has 82 valence electrons. The average Bonchev–Trinajstić information content (AvgIpc) is 2.15. The minimum Gasteiger partial charge on any atom is -0.258 e. The summed E-state index contributed by atoms with van der Waals surface area (Å²) in [4.78, 5) is 10.4. The predicted octanol–water partition coefficient (Wildman–Crippen LogP) is 3.92. The monoisotopic (exact) mass is 291 g/mol. The quantitative estimate of drug-likeness (QED) is 0.479. The third kappa shape index (κ3) is 3.80. The maximum atomic E-state index is 10.8. The molecular weight excluding hydrogens is 281 g/mol. The molecule has 3 nitrogen and oxygen atoms in total. The maximum Gasteiger partial charge on any atom is 0.273 e. The van der Waals surface area contributed by atoms with Crippen LogP contribution in [0.15, 0.2) is 22.7 Å². The number of nitro groups is 1. The van der Waals surface area contributed by atoms with Crippen molar-refractivity contribution in [2.24, 2.45) is 0 Å². The van der Waals surface area contributed by atoms with Crippen LogP contribution < -0.4 is 0 Å². The van der Waals surface area contributed by atoms with Gasteiger partial charge >= 0.3 is 0 Å². The van der Waals surface area contributed by atoms with E-state index in [4.69, 9.17) is 11.6 Å². The molecule has 1 rings (SSSR count). The van der Waals surface area contributed by atoms with E-state index in [1.807, 2.05) is 6.92 Å². The second-order valence-electron chi connectivity index (χ2n) is 3.35. The average molecular weight is 293 g/mol. The third-order valence-electron chi connectivity index (χ3n) is 2.06. The van der Waals surface area contributed by atoms with E-state index >= 15 is 0 Å². The molecule has 1 aromatic carbocycles. The number of hydrogen-bond acceptors (Lipinski definition) is 2. The molecule has 0 saturated heterocycles. The molecule has 1 aromatic rings. The van der Waals surface area contributed by atoms with Crippen molar-refractivity contribution in [2.45, 2.75) is 25.1 Å². The maximum absolute atomic E-state index is 10.8. The van der Waals surface area contributed by atoms with Gasteiger partial charge in [-0.25, -0.2) is 0 Å². The molecular formula is C10H11BrClNO2. The van der Waals surface area contributed by atoms with Crippen LogP contribution >= 0.6 is 27.5 Å². The highest BCUT2D eigenvalue weighted by atomic mass is 79.9. The first-order chi connectivity index (χ1) is 7.00. The van der Waals surface area contributed by atoms with Gasteiger partial charge in [-0.05, 0) is 25.8 Å². The third-order valence-corrected chi connectivity index (χ3v) is 2.77. The number of rotatable bonds is 4. The Labute approximate surface area is 102 Å². The van der Waals surface area contributed by atoms with Gasteiger partial charge in [0.1, 0.15) is 0 Å². The van der Waals surface area contributed by atoms with Crippen molar-refractivity contribution in [2.75, 3.05) is 0 Å². The SMILES string of the molecule is CC(Cl)CCc1ccc(Br)cc1[N+](=O)[O-]. The normalized spacial score (nSPS) is 12.5. The van der Waals surface area contributed by atoms with E-state index in [2.05, 4.69) is 15.9 Å². The minimum atomic E-state index is -0.362. The molecule has 5 heteroatoms. The molecule has 0 radical (unpaired) electrons. The van der Waals surface area contributed by atoms with Crippen molar-refractivity contribution < 1.29 is 4.92 Å². The summed E-state index contributed by atoms with van der Waals surface area (Å²) in [5.74, 6) is 0. The Balaban J connectivity index is 2.91. The number of hydrogen-bond donors (Lipinski definition) is 0. The molecule has 1 atom stereocenters. The summed E-state index contributed by atoms with van der Waals surface area (Å²) in [6, 6.07) is 5.09. The zero-order valence-corrected chi connectivity index (χ0v) is 10.6. The van der Waals surface area contributed by atoms with E-state index in [0.717, 1.165) is 16.5 Å². The van der Waals surface area contributed by atoms with Crippen molar-refractivity contribution in [3.63, 3.8) is 0 Å². The first-order valence-corrected chi connectivity index (χ1v) is 5.80. The Morgan fingerprint density at radius 3 is 2.80 bits per heavy atom. The van der Waals surface area contributed by atoms with Gasteiger partial charge in [0.05, 0.1) is 4.92 Å². The predicted molar refractivity (Wildman–Crippen MR) is 64.4 cm³/mol. The molecule has 0 aromatic heterocycles. The summed E-state index contributed by atoms with van der Waals surface area (Å²) in [5, 5.41) is 10.8. The van der Waals surface area contributed by atoms with Crippen LogP contribution in [0.3, 0.4) is 0 Å². The Morgan fingerprint density at radius 2 is 2.27 bits per heavy atom. The molecule has 0 bridgehead atoms. The van der Waals surface area contributed by atoms with E-state index in [1.54, 1.807) is 12.1 Å². The van der Waals surface area contributed by atoms with Gasteiger partial charge < -0.3 is 0 Å². The topological polar surface area (TPSA) is 43.1 Å². The van der Waals surface area contributed by atoms with E-state index in [-0.39, 0.29) is 16.0 Å². The van der Waals surface area contributed by atoms with Gasteiger partial charge in [-0.2, -0.15) is 0 Å². The number of nitro benzene ring substituents is 1. The fourth-order valence-electron chi connectivity index (χ4n) is 1.27. The van der Waals surface area contributed by atoms with Crippen LogP contribution in [0.25, 0.3) is 0 Å². The summed E-state index contributed by atoms with van der Waals surface area (Å²) < 4.78 is 0.719. The second-order valence-corrected chi connectivity index (χ2v) is 5.01. The smallest absolute Gasteiger partial charge is 0.258 e. The second kappa shape index (κ2) is 5.47. The van der Waals surface area contributed by atoms with Crippen LogP contribution in [0.5, 0.6) is 0 Å². The molecule has 0 aliphatic carbocycles. The molecule has 0 aliphatic heterocycles. The Morgan fingerprint density at radius 1 is 1.60 bits per heavy atom. The molecule has 0 heterocycles. The highest BCUT2D eigenvalue weighted by molar-refractivity contribution is 9.10. The van der Waals surface area contributed by atoms with Gasteiger partial charge in [-0.1, -0.05) is 22.0 Å². The van der Waals surface area contributed by atoms with Crippen LogP contribution in [-0.2, 0) is 6.42 Å². The fourth-order valence-corrected chi connectivity index (χ4v) is 1.73. The van der Waals surface area contributed by atoms with Gasteiger partial charge in [0.15, 0.2) is 0 Å². The number of benzene rings is 1. The Bertz CT molecular complexity index is 368. The fraction of sp³-hybridized carbons (Fsp3) is 0.400. The van der Waals surface area contributed by atoms with Gasteiger partial charge in [0.2, 0.25) is 0 Å². The summed E-state index contributed by atoms with van der Waals surface area (Å²) in [7, 11) is 0. The van der Waals surface area contributed by atoms with E-state index in [0.29, 0.717) is 6.42 Å². The summed E-state index contributed by atoms with van der Waals surface area (Å²) in [5.41, 5.74) is 0.886. The molecule has 0 aliphatic rings. The molecule has 1 unspecified atom stereocenters. The minimum absolute atomic E-state index is 0.0354. The lowest BCUT2D eigenvalue weighted by Crippen LogP contribution is -1.99. The van der Waals surface area contributed by atoms with Crippen molar-refractivity contribution in [1.29, 1.82) is 0 Å². The van der Waals surface area contributed by atoms with Crippen LogP contribution in [0.1, 0.15) is 18.9 Å². The van der Waals surface area contributed by atoms with Crippen molar-refractivity contribution in [3.8, 4) is 0 Å². The van der Waals surface area contributed by atoms with Crippen molar-refractivity contribution >= 4 is 33.2 Å². The van der Waals surface area contributed by atoms with Gasteiger partial charge in [-0.3, -0.25) is 10.1 Å². The van der Waals surface area contributed by atoms with Crippen LogP contribution in [0.2, 0.25) is 0 Å². The molecule has 0 spiro atoms. The lowest BCUT2D eigenvalue weighted by Gasteiger charge is -2.04. The zero-order chi connectivity index (χ0) is 11.4. The highest BCUT2D eigenvalue weighted by Gasteiger charge is 2.14. The molecule has 0 amide bonds. The Kier molecular flexibility index (Phi) is 4.54. The van der Waals surface area contributed by atoms with Crippen LogP contribution in [0, 0.1) is 10.1 Å². The number of halogens is 2. The molecule has 0 N–H and O–H groups in total. The number of alkyl halides is 1. The van der Waals surface area contributed by atoms with E-state index in [1.165, 1.54) is 6.07 Å². The number of aryl methyl sites for hydroxylation is 1. The highest BCUT2D eigenvalue weighted by Crippen LogP contribution is 2.25. The summed E-state index contributed by atoms with van der Waals surface area (Å²) >= 11 is 9.03. The first-order valence-electron chi connectivity index (χ1n) is 4.57. The first kappa shape index (κ1) is 12.5. The lowest BCUT2D eigenvalue weighted by atomic mass is 10.1. The van der Waals surface area contributed by atoms with Crippen molar-refractivity contribution in [3.05, 3.63) is 38.3 Å². The van der Waals surface area contributed by atoms with Gasteiger partial charge in [0, 0.05) is 21.5 Å².